The van der Waals surface area contributed by atoms with E-state index in [-0.39, 0.29) is 11.8 Å². The van der Waals surface area contributed by atoms with Crippen LogP contribution in [0.15, 0.2) is 60.8 Å². The van der Waals surface area contributed by atoms with Gasteiger partial charge in [-0.3, -0.25) is 14.5 Å². The molecule has 1 aliphatic rings. The Morgan fingerprint density at radius 3 is 2.45 bits per heavy atom. The fourth-order valence-electron chi connectivity index (χ4n) is 3.81. The second-order valence-corrected chi connectivity index (χ2v) is 7.39. The summed E-state index contributed by atoms with van der Waals surface area (Å²) in [5.74, 6) is 0.0982. The topological polar surface area (TPSA) is 68.4 Å². The first-order chi connectivity index (χ1) is 14.2. The van der Waals surface area contributed by atoms with Gasteiger partial charge in [-0.15, -0.1) is 0 Å². The Balaban J connectivity index is 1.19. The lowest BCUT2D eigenvalue weighted by Gasteiger charge is -2.34. The van der Waals surface area contributed by atoms with Gasteiger partial charge in [0.25, 0.3) is 5.91 Å². The normalized spacial score (nSPS) is 14.8. The minimum absolute atomic E-state index is 0.0349. The molecular weight excluding hydrogens is 364 g/mol. The number of hydrogen-bond donors (Lipinski definition) is 2. The molecule has 150 valence electrons. The number of benzene rings is 2. The molecule has 3 aromatic rings. The van der Waals surface area contributed by atoms with E-state index < -0.39 is 0 Å². The third-order valence-electron chi connectivity index (χ3n) is 5.44. The van der Waals surface area contributed by atoms with Crippen LogP contribution in [0, 0.1) is 0 Å². The number of para-hydroxylation sites is 1. The summed E-state index contributed by atoms with van der Waals surface area (Å²) in [6.45, 7) is 3.73. The predicted octanol–water partition coefficient (Wildman–Crippen LogP) is 2.28. The molecule has 1 aromatic heterocycles. The van der Waals surface area contributed by atoms with Crippen LogP contribution in [-0.2, 0) is 11.2 Å². The Labute approximate surface area is 170 Å². The molecule has 0 saturated carbocycles. The van der Waals surface area contributed by atoms with Crippen LogP contribution in [0.1, 0.15) is 15.9 Å². The van der Waals surface area contributed by atoms with Gasteiger partial charge in [0.1, 0.15) is 0 Å². The van der Waals surface area contributed by atoms with Crippen molar-refractivity contribution in [2.45, 2.75) is 6.42 Å². The van der Waals surface area contributed by atoms with Crippen molar-refractivity contribution >= 4 is 22.7 Å². The first-order valence-electron chi connectivity index (χ1n) is 10.1. The largest absolute Gasteiger partial charge is 0.361 e. The average Bonchev–Trinajstić information content (AvgIpc) is 3.18. The van der Waals surface area contributed by atoms with Crippen molar-refractivity contribution in [2.24, 2.45) is 0 Å². The van der Waals surface area contributed by atoms with Crippen molar-refractivity contribution < 1.29 is 9.59 Å². The maximum Gasteiger partial charge on any atom is 0.253 e. The Hall–Kier alpha value is -3.12. The van der Waals surface area contributed by atoms with Gasteiger partial charge < -0.3 is 15.2 Å². The lowest BCUT2D eigenvalue weighted by atomic mass is 10.1. The number of carbonyl (C=O) groups is 2. The van der Waals surface area contributed by atoms with Gasteiger partial charge in [-0.05, 0) is 30.2 Å². The molecular formula is C23H26N4O2. The fraction of sp³-hybridized carbons (Fsp3) is 0.304. The van der Waals surface area contributed by atoms with Gasteiger partial charge in [0.15, 0.2) is 0 Å². The highest BCUT2D eigenvalue weighted by atomic mass is 16.2. The number of rotatable bonds is 6. The van der Waals surface area contributed by atoms with Crippen LogP contribution in [0.2, 0.25) is 0 Å². The average molecular weight is 390 g/mol. The number of H-pyrrole nitrogens is 1. The highest BCUT2D eigenvalue weighted by Gasteiger charge is 2.23. The van der Waals surface area contributed by atoms with Crippen molar-refractivity contribution in [3.63, 3.8) is 0 Å². The van der Waals surface area contributed by atoms with Gasteiger partial charge in [-0.25, -0.2) is 0 Å². The maximum atomic E-state index is 12.5. The number of aromatic nitrogens is 1. The first kappa shape index (κ1) is 19.2. The standard InChI is InChI=1S/C23H26N4O2/c28-22(24-11-10-19-16-25-21-9-5-4-8-20(19)21)17-26-12-14-27(15-13-26)23(29)18-6-2-1-3-7-18/h1-9,16,25H,10-15,17H2,(H,24,28). The van der Waals surface area contributed by atoms with Gasteiger partial charge in [-0.1, -0.05) is 36.4 Å². The summed E-state index contributed by atoms with van der Waals surface area (Å²) in [6, 6.07) is 17.5. The molecule has 0 atom stereocenters. The molecule has 0 unspecified atom stereocenters. The van der Waals surface area contributed by atoms with E-state index in [2.05, 4.69) is 27.3 Å². The molecule has 1 aliphatic heterocycles. The Bertz CT molecular complexity index is 975. The number of aromatic amines is 1. The summed E-state index contributed by atoms with van der Waals surface area (Å²) in [6.07, 6.45) is 2.81. The molecule has 0 radical (unpaired) electrons. The third-order valence-corrected chi connectivity index (χ3v) is 5.44. The second-order valence-electron chi connectivity index (χ2n) is 7.39. The summed E-state index contributed by atoms with van der Waals surface area (Å²) in [5, 5.41) is 4.23. The first-order valence-corrected chi connectivity index (χ1v) is 10.1. The molecule has 2 aromatic carbocycles. The number of nitrogens with zero attached hydrogens (tertiary/aromatic N) is 2. The van der Waals surface area contributed by atoms with Crippen LogP contribution in [0.4, 0.5) is 0 Å². The summed E-state index contributed by atoms with van der Waals surface area (Å²) in [5.41, 5.74) is 3.06. The molecule has 0 aliphatic carbocycles. The number of piperazine rings is 1. The molecule has 1 fully saturated rings. The number of nitrogens with one attached hydrogen (secondary N) is 2. The zero-order chi connectivity index (χ0) is 20.1. The Morgan fingerprint density at radius 2 is 1.66 bits per heavy atom. The van der Waals surface area contributed by atoms with E-state index in [9.17, 15) is 9.59 Å². The summed E-state index contributed by atoms with van der Waals surface area (Å²) < 4.78 is 0. The molecule has 0 spiro atoms. The van der Waals surface area contributed by atoms with E-state index in [1.165, 1.54) is 10.9 Å². The SMILES string of the molecule is O=C(CN1CCN(C(=O)c2ccccc2)CC1)NCCc1c[nH]c2ccccc12. The smallest absolute Gasteiger partial charge is 0.253 e. The van der Waals surface area contributed by atoms with E-state index in [4.69, 9.17) is 0 Å². The van der Waals surface area contributed by atoms with E-state index in [1.807, 2.05) is 53.6 Å². The van der Waals surface area contributed by atoms with Crippen LogP contribution in [0.5, 0.6) is 0 Å². The Morgan fingerprint density at radius 1 is 0.931 bits per heavy atom. The summed E-state index contributed by atoms with van der Waals surface area (Å²) in [4.78, 5) is 32.0. The van der Waals surface area contributed by atoms with Crippen LogP contribution in [0.3, 0.4) is 0 Å². The molecule has 2 amide bonds. The van der Waals surface area contributed by atoms with Crippen molar-refractivity contribution in [1.29, 1.82) is 0 Å². The van der Waals surface area contributed by atoms with Crippen molar-refractivity contribution in [2.75, 3.05) is 39.3 Å². The quantitative estimate of drug-likeness (QED) is 0.679. The van der Waals surface area contributed by atoms with E-state index in [0.717, 1.165) is 17.5 Å². The summed E-state index contributed by atoms with van der Waals surface area (Å²) in [7, 11) is 0. The molecule has 2 heterocycles. The molecule has 6 heteroatoms. The highest BCUT2D eigenvalue weighted by molar-refractivity contribution is 5.94. The fourth-order valence-corrected chi connectivity index (χ4v) is 3.81. The van der Waals surface area contributed by atoms with E-state index in [0.29, 0.717) is 39.3 Å². The van der Waals surface area contributed by atoms with Crippen molar-refractivity contribution in [3.05, 3.63) is 71.9 Å². The minimum Gasteiger partial charge on any atom is -0.361 e. The summed E-state index contributed by atoms with van der Waals surface area (Å²) >= 11 is 0. The van der Waals surface area contributed by atoms with Gasteiger partial charge in [-0.2, -0.15) is 0 Å². The van der Waals surface area contributed by atoms with Gasteiger partial charge in [0.2, 0.25) is 5.91 Å². The zero-order valence-electron chi connectivity index (χ0n) is 16.4. The molecule has 29 heavy (non-hydrogen) atoms. The van der Waals surface area contributed by atoms with Crippen molar-refractivity contribution in [1.82, 2.24) is 20.1 Å². The lowest BCUT2D eigenvalue weighted by molar-refractivity contribution is -0.122. The van der Waals surface area contributed by atoms with Gasteiger partial charge >= 0.3 is 0 Å². The third kappa shape index (κ3) is 4.66. The molecule has 6 nitrogen and oxygen atoms in total. The molecule has 1 saturated heterocycles. The number of amides is 2. The number of carbonyl (C=O) groups excluding carboxylic acids is 2. The van der Waals surface area contributed by atoms with Crippen LogP contribution in [-0.4, -0.2) is 65.9 Å². The molecule has 0 bridgehead atoms. The molecule has 2 N–H and O–H groups in total. The monoisotopic (exact) mass is 390 g/mol. The van der Waals surface area contributed by atoms with Crippen LogP contribution >= 0.6 is 0 Å². The Kier molecular flexibility index (Phi) is 5.91. The van der Waals surface area contributed by atoms with E-state index >= 15 is 0 Å². The highest BCUT2D eigenvalue weighted by Crippen LogP contribution is 2.17. The number of hydrogen-bond acceptors (Lipinski definition) is 3. The van der Waals surface area contributed by atoms with E-state index in [1.54, 1.807) is 0 Å². The second kappa shape index (κ2) is 8.92. The predicted molar refractivity (Wildman–Crippen MR) is 114 cm³/mol. The van der Waals surface area contributed by atoms with Crippen LogP contribution < -0.4 is 5.32 Å². The van der Waals surface area contributed by atoms with Crippen molar-refractivity contribution in [3.8, 4) is 0 Å². The minimum atomic E-state index is 0.0349. The zero-order valence-corrected chi connectivity index (χ0v) is 16.4. The maximum absolute atomic E-state index is 12.5. The number of fused-ring (bicyclic) bond motifs is 1. The van der Waals surface area contributed by atoms with Gasteiger partial charge in [0.05, 0.1) is 6.54 Å². The molecule has 4 rings (SSSR count). The lowest BCUT2D eigenvalue weighted by Crippen LogP contribution is -2.51. The van der Waals surface area contributed by atoms with Gasteiger partial charge in [0, 0.05) is 55.4 Å². The van der Waals surface area contributed by atoms with Crippen LogP contribution in [0.25, 0.3) is 10.9 Å².